The van der Waals surface area contributed by atoms with Crippen LogP contribution in [0.25, 0.3) is 11.3 Å². The van der Waals surface area contributed by atoms with Crippen molar-refractivity contribution >= 4 is 0 Å². The third-order valence-corrected chi connectivity index (χ3v) is 2.45. The molecule has 14 heavy (non-hydrogen) atoms. The Kier molecular flexibility index (Phi) is 2.12. The molecule has 0 atom stereocenters. The number of H-pyrrole nitrogens is 1. The standard InChI is InChI=1S/C12H14N2/c1-8-6-9(2)12(10(3)7-8)11-4-5-13-14-11/h4-7H,1-3H3,(H,13,14). The smallest absolute Gasteiger partial charge is 0.0655 e. The van der Waals surface area contributed by atoms with E-state index >= 15 is 0 Å². The molecule has 0 unspecified atom stereocenters. The fourth-order valence-corrected chi connectivity index (χ4v) is 2.00. The molecule has 0 spiro atoms. The van der Waals surface area contributed by atoms with Crippen molar-refractivity contribution in [3.8, 4) is 11.3 Å². The lowest BCUT2D eigenvalue weighted by Gasteiger charge is -2.08. The lowest BCUT2D eigenvalue weighted by molar-refractivity contribution is 1.09. The third-order valence-electron chi connectivity index (χ3n) is 2.45. The van der Waals surface area contributed by atoms with Gasteiger partial charge in [0.05, 0.1) is 5.69 Å². The summed E-state index contributed by atoms with van der Waals surface area (Å²) in [6, 6.07) is 6.40. The molecule has 0 radical (unpaired) electrons. The first-order chi connectivity index (χ1) is 6.68. The lowest BCUT2D eigenvalue weighted by atomic mass is 9.98. The first-order valence-corrected chi connectivity index (χ1v) is 4.76. The number of aromatic amines is 1. The number of benzene rings is 1. The SMILES string of the molecule is Cc1cc(C)c(-c2ccn[nH]2)c(C)c1. The molecule has 2 rings (SSSR count). The fourth-order valence-electron chi connectivity index (χ4n) is 2.00. The Hall–Kier alpha value is -1.57. The quantitative estimate of drug-likeness (QED) is 0.728. The number of aromatic nitrogens is 2. The second-order valence-corrected chi connectivity index (χ2v) is 3.74. The van der Waals surface area contributed by atoms with Crippen molar-refractivity contribution in [2.75, 3.05) is 0 Å². The first kappa shape index (κ1) is 9.00. The summed E-state index contributed by atoms with van der Waals surface area (Å²) in [7, 11) is 0. The van der Waals surface area contributed by atoms with E-state index in [1.807, 2.05) is 6.07 Å². The van der Waals surface area contributed by atoms with Crippen LogP contribution in [0.1, 0.15) is 16.7 Å². The number of rotatable bonds is 1. The molecule has 2 aromatic rings. The first-order valence-electron chi connectivity index (χ1n) is 4.76. The van der Waals surface area contributed by atoms with Gasteiger partial charge in [-0.3, -0.25) is 5.10 Å². The predicted octanol–water partition coefficient (Wildman–Crippen LogP) is 3.00. The van der Waals surface area contributed by atoms with Crippen LogP contribution in [-0.2, 0) is 0 Å². The van der Waals surface area contributed by atoms with Gasteiger partial charge in [-0.15, -0.1) is 0 Å². The van der Waals surface area contributed by atoms with Gasteiger partial charge in [0.25, 0.3) is 0 Å². The summed E-state index contributed by atoms with van der Waals surface area (Å²) in [5.41, 5.74) is 6.27. The van der Waals surface area contributed by atoms with Gasteiger partial charge in [0.2, 0.25) is 0 Å². The molecule has 1 N–H and O–H groups in total. The highest BCUT2D eigenvalue weighted by Crippen LogP contribution is 2.26. The summed E-state index contributed by atoms with van der Waals surface area (Å²) >= 11 is 0. The summed E-state index contributed by atoms with van der Waals surface area (Å²) < 4.78 is 0. The monoisotopic (exact) mass is 186 g/mol. The van der Waals surface area contributed by atoms with Crippen LogP contribution in [0.15, 0.2) is 24.4 Å². The molecule has 0 aliphatic carbocycles. The van der Waals surface area contributed by atoms with E-state index in [1.54, 1.807) is 6.20 Å². The molecule has 2 heteroatoms. The molecule has 1 heterocycles. The minimum Gasteiger partial charge on any atom is -0.278 e. The van der Waals surface area contributed by atoms with Crippen molar-refractivity contribution in [3.63, 3.8) is 0 Å². The van der Waals surface area contributed by atoms with E-state index in [2.05, 4.69) is 43.1 Å². The normalized spacial score (nSPS) is 10.5. The maximum atomic E-state index is 3.98. The van der Waals surface area contributed by atoms with Crippen molar-refractivity contribution in [3.05, 3.63) is 41.1 Å². The zero-order valence-corrected chi connectivity index (χ0v) is 8.76. The van der Waals surface area contributed by atoms with E-state index < -0.39 is 0 Å². The van der Waals surface area contributed by atoms with E-state index in [-0.39, 0.29) is 0 Å². The summed E-state index contributed by atoms with van der Waals surface area (Å²) in [5.74, 6) is 0. The Bertz CT molecular complexity index is 418. The van der Waals surface area contributed by atoms with Gasteiger partial charge >= 0.3 is 0 Å². The number of hydrogen-bond acceptors (Lipinski definition) is 1. The lowest BCUT2D eigenvalue weighted by Crippen LogP contribution is -1.90. The highest BCUT2D eigenvalue weighted by atomic mass is 15.1. The molecule has 0 aliphatic rings. The minimum absolute atomic E-state index is 1.10. The number of nitrogens with zero attached hydrogens (tertiary/aromatic N) is 1. The molecule has 0 bridgehead atoms. The van der Waals surface area contributed by atoms with E-state index in [9.17, 15) is 0 Å². The summed E-state index contributed by atoms with van der Waals surface area (Å²) in [5, 5.41) is 6.98. The molecule has 0 amide bonds. The van der Waals surface area contributed by atoms with E-state index in [0.717, 1.165) is 5.69 Å². The van der Waals surface area contributed by atoms with Crippen LogP contribution < -0.4 is 0 Å². The highest BCUT2D eigenvalue weighted by molar-refractivity contribution is 5.67. The van der Waals surface area contributed by atoms with Gasteiger partial charge in [0.15, 0.2) is 0 Å². The molecular formula is C12H14N2. The van der Waals surface area contributed by atoms with Crippen LogP contribution in [0.3, 0.4) is 0 Å². The summed E-state index contributed by atoms with van der Waals surface area (Å²) in [4.78, 5) is 0. The van der Waals surface area contributed by atoms with Gasteiger partial charge in [0.1, 0.15) is 0 Å². The molecule has 0 fully saturated rings. The van der Waals surface area contributed by atoms with Gasteiger partial charge in [0, 0.05) is 11.8 Å². The van der Waals surface area contributed by atoms with Crippen molar-refractivity contribution in [1.82, 2.24) is 10.2 Å². The third kappa shape index (κ3) is 1.43. The van der Waals surface area contributed by atoms with E-state index in [4.69, 9.17) is 0 Å². The zero-order chi connectivity index (χ0) is 10.1. The fraction of sp³-hybridized carbons (Fsp3) is 0.250. The van der Waals surface area contributed by atoms with Crippen molar-refractivity contribution in [2.24, 2.45) is 0 Å². The number of aryl methyl sites for hydroxylation is 3. The van der Waals surface area contributed by atoms with E-state index in [0.29, 0.717) is 0 Å². The Morgan fingerprint density at radius 3 is 2.21 bits per heavy atom. The Morgan fingerprint density at radius 2 is 1.71 bits per heavy atom. The molecule has 0 aliphatic heterocycles. The van der Waals surface area contributed by atoms with Crippen molar-refractivity contribution in [2.45, 2.75) is 20.8 Å². The zero-order valence-electron chi connectivity index (χ0n) is 8.76. The van der Waals surface area contributed by atoms with Gasteiger partial charge in [-0.2, -0.15) is 5.10 Å². The van der Waals surface area contributed by atoms with Gasteiger partial charge in [-0.25, -0.2) is 0 Å². The molecule has 0 saturated heterocycles. The number of nitrogens with one attached hydrogen (secondary N) is 1. The minimum atomic E-state index is 1.10. The Morgan fingerprint density at radius 1 is 1.07 bits per heavy atom. The van der Waals surface area contributed by atoms with Crippen LogP contribution in [0.4, 0.5) is 0 Å². The van der Waals surface area contributed by atoms with Gasteiger partial charge < -0.3 is 0 Å². The van der Waals surface area contributed by atoms with Crippen molar-refractivity contribution in [1.29, 1.82) is 0 Å². The largest absolute Gasteiger partial charge is 0.278 e. The van der Waals surface area contributed by atoms with Crippen molar-refractivity contribution < 1.29 is 0 Å². The Balaban J connectivity index is 2.64. The van der Waals surface area contributed by atoms with Crippen LogP contribution in [0, 0.1) is 20.8 Å². The second kappa shape index (κ2) is 3.29. The maximum absolute atomic E-state index is 3.98. The summed E-state index contributed by atoms with van der Waals surface area (Å²) in [6.07, 6.45) is 1.79. The topological polar surface area (TPSA) is 28.7 Å². The second-order valence-electron chi connectivity index (χ2n) is 3.74. The van der Waals surface area contributed by atoms with Crippen LogP contribution in [0.2, 0.25) is 0 Å². The van der Waals surface area contributed by atoms with Crippen LogP contribution in [0.5, 0.6) is 0 Å². The average molecular weight is 186 g/mol. The van der Waals surface area contributed by atoms with Crippen LogP contribution >= 0.6 is 0 Å². The van der Waals surface area contributed by atoms with Gasteiger partial charge in [-0.05, 0) is 38.0 Å². The molecule has 0 saturated carbocycles. The molecule has 1 aromatic heterocycles. The Labute approximate surface area is 84.0 Å². The molecule has 1 aromatic carbocycles. The predicted molar refractivity (Wildman–Crippen MR) is 58.2 cm³/mol. The highest BCUT2D eigenvalue weighted by Gasteiger charge is 2.06. The van der Waals surface area contributed by atoms with E-state index in [1.165, 1.54) is 22.3 Å². The average Bonchev–Trinajstić information content (AvgIpc) is 2.54. The summed E-state index contributed by atoms with van der Waals surface area (Å²) in [6.45, 7) is 6.39. The molecule has 2 nitrogen and oxygen atoms in total. The molecular weight excluding hydrogens is 172 g/mol. The van der Waals surface area contributed by atoms with Crippen LogP contribution in [-0.4, -0.2) is 10.2 Å². The number of hydrogen-bond donors (Lipinski definition) is 1. The maximum Gasteiger partial charge on any atom is 0.0655 e. The van der Waals surface area contributed by atoms with Gasteiger partial charge in [-0.1, -0.05) is 17.7 Å². The molecule has 72 valence electrons.